The summed E-state index contributed by atoms with van der Waals surface area (Å²) < 4.78 is 32.0. The van der Waals surface area contributed by atoms with E-state index in [0.717, 1.165) is 38.5 Å². The second-order valence-corrected chi connectivity index (χ2v) is 10.7. The molecule has 0 bridgehead atoms. The number of hydrogen-bond acceptors (Lipinski definition) is 4. The van der Waals surface area contributed by atoms with E-state index < -0.39 is 9.73 Å². The van der Waals surface area contributed by atoms with Gasteiger partial charge in [-0.25, -0.2) is 13.6 Å². The third-order valence-corrected chi connectivity index (χ3v) is 7.36. The normalized spacial score (nSPS) is 13.5. The van der Waals surface area contributed by atoms with Crippen LogP contribution in [0.5, 0.6) is 0 Å². The van der Waals surface area contributed by atoms with Crippen LogP contribution in [0.15, 0.2) is 82.2 Å². The van der Waals surface area contributed by atoms with Crippen molar-refractivity contribution in [3.63, 3.8) is 0 Å². The Bertz CT molecular complexity index is 1600. The van der Waals surface area contributed by atoms with E-state index in [9.17, 15) is 8.60 Å². The van der Waals surface area contributed by atoms with Gasteiger partial charge in [-0.05, 0) is 53.3 Å². The standard InChI is InChI=1S/C26H23FN4OS/c1-16(2)25-24(17-9-11-19(27)12-10-17)21-13-18-15-28-30-23(18)14-22(21)26(29-25)31-33(3,32)20-7-5-4-6-8-20/h4-16H,1-3H3,(H,28,30)/t33-/m0/s1. The van der Waals surface area contributed by atoms with Crippen molar-refractivity contribution in [1.29, 1.82) is 0 Å². The second-order valence-electron chi connectivity index (χ2n) is 8.42. The average Bonchev–Trinajstić information content (AvgIpc) is 3.26. The summed E-state index contributed by atoms with van der Waals surface area (Å²) in [6.45, 7) is 4.11. The van der Waals surface area contributed by atoms with Crippen LogP contribution in [-0.4, -0.2) is 25.6 Å². The van der Waals surface area contributed by atoms with Gasteiger partial charge in [0.15, 0.2) is 5.82 Å². The number of hydrogen-bond donors (Lipinski definition) is 1. The molecule has 0 aliphatic heterocycles. The summed E-state index contributed by atoms with van der Waals surface area (Å²) >= 11 is 0. The van der Waals surface area contributed by atoms with Gasteiger partial charge in [-0.3, -0.25) is 5.10 Å². The zero-order chi connectivity index (χ0) is 23.2. The van der Waals surface area contributed by atoms with Crippen LogP contribution in [0.1, 0.15) is 25.5 Å². The molecule has 2 heterocycles. The molecule has 0 spiro atoms. The zero-order valence-electron chi connectivity index (χ0n) is 18.5. The number of nitrogens with one attached hydrogen (secondary N) is 1. The molecule has 5 rings (SSSR count). The Kier molecular flexibility index (Phi) is 5.21. The van der Waals surface area contributed by atoms with Crippen LogP contribution in [0.3, 0.4) is 0 Å². The zero-order valence-corrected chi connectivity index (χ0v) is 19.4. The monoisotopic (exact) mass is 458 g/mol. The number of H-pyrrole nitrogens is 1. The first-order chi connectivity index (χ1) is 15.8. The smallest absolute Gasteiger partial charge is 0.170 e. The van der Waals surface area contributed by atoms with Crippen LogP contribution >= 0.6 is 0 Å². The van der Waals surface area contributed by atoms with Crippen LogP contribution in [0.4, 0.5) is 10.2 Å². The van der Waals surface area contributed by atoms with E-state index in [2.05, 4.69) is 24.0 Å². The van der Waals surface area contributed by atoms with Crippen molar-refractivity contribution in [2.45, 2.75) is 24.7 Å². The highest BCUT2D eigenvalue weighted by Gasteiger charge is 2.20. The number of aromatic amines is 1. The predicted octanol–water partition coefficient (Wildman–Crippen LogP) is 6.83. The van der Waals surface area contributed by atoms with Gasteiger partial charge in [0.2, 0.25) is 0 Å². The molecule has 0 amide bonds. The molecule has 0 saturated heterocycles. The van der Waals surface area contributed by atoms with Crippen molar-refractivity contribution >= 4 is 37.2 Å². The first-order valence-electron chi connectivity index (χ1n) is 10.7. The Balaban J connectivity index is 1.90. The average molecular weight is 459 g/mol. The number of benzene rings is 3. The molecule has 166 valence electrons. The molecular weight excluding hydrogens is 435 g/mol. The van der Waals surface area contributed by atoms with Crippen LogP contribution in [0.2, 0.25) is 0 Å². The molecule has 7 heteroatoms. The summed E-state index contributed by atoms with van der Waals surface area (Å²) in [7, 11) is -2.73. The van der Waals surface area contributed by atoms with E-state index in [4.69, 9.17) is 9.35 Å². The maximum Gasteiger partial charge on any atom is 0.170 e. The first-order valence-corrected chi connectivity index (χ1v) is 12.6. The lowest BCUT2D eigenvalue weighted by molar-refractivity contribution is 0.628. The highest BCUT2D eigenvalue weighted by atomic mass is 32.2. The maximum atomic E-state index is 13.7. The largest absolute Gasteiger partial charge is 0.278 e. The number of nitrogens with zero attached hydrogens (tertiary/aromatic N) is 3. The molecule has 0 unspecified atom stereocenters. The van der Waals surface area contributed by atoms with Gasteiger partial charge in [0.05, 0.1) is 27.1 Å². The highest BCUT2D eigenvalue weighted by molar-refractivity contribution is 7.93. The van der Waals surface area contributed by atoms with Gasteiger partial charge in [0, 0.05) is 27.5 Å². The number of fused-ring (bicyclic) bond motifs is 2. The first kappa shape index (κ1) is 21.3. The summed E-state index contributed by atoms with van der Waals surface area (Å²) in [5, 5.41) is 9.78. The van der Waals surface area contributed by atoms with Crippen molar-refractivity contribution in [1.82, 2.24) is 15.2 Å². The van der Waals surface area contributed by atoms with E-state index in [1.54, 1.807) is 24.6 Å². The van der Waals surface area contributed by atoms with Crippen molar-refractivity contribution in [2.24, 2.45) is 4.36 Å². The number of pyridine rings is 1. The lowest BCUT2D eigenvalue weighted by atomic mass is 9.92. The number of aromatic nitrogens is 3. The van der Waals surface area contributed by atoms with E-state index in [1.165, 1.54) is 12.1 Å². The van der Waals surface area contributed by atoms with E-state index in [0.29, 0.717) is 10.7 Å². The molecule has 2 aromatic heterocycles. The topological polar surface area (TPSA) is 71.0 Å². The molecule has 1 atom stereocenters. The van der Waals surface area contributed by atoms with Crippen LogP contribution in [0.25, 0.3) is 32.8 Å². The Hall–Kier alpha value is -3.58. The molecule has 5 aromatic rings. The molecule has 0 saturated carbocycles. The summed E-state index contributed by atoms with van der Waals surface area (Å²) in [4.78, 5) is 5.58. The van der Waals surface area contributed by atoms with Gasteiger partial charge in [0.25, 0.3) is 0 Å². The van der Waals surface area contributed by atoms with Gasteiger partial charge in [-0.2, -0.15) is 9.46 Å². The Labute approximate surface area is 191 Å². The van der Waals surface area contributed by atoms with Gasteiger partial charge < -0.3 is 0 Å². The minimum atomic E-state index is -2.73. The fourth-order valence-electron chi connectivity index (χ4n) is 4.05. The lowest BCUT2D eigenvalue weighted by Crippen LogP contribution is -2.01. The lowest BCUT2D eigenvalue weighted by Gasteiger charge is -2.17. The summed E-state index contributed by atoms with van der Waals surface area (Å²) in [6.07, 6.45) is 3.40. The van der Waals surface area contributed by atoms with Gasteiger partial charge in [0.1, 0.15) is 5.82 Å². The second kappa shape index (κ2) is 8.08. The molecule has 0 radical (unpaired) electrons. The Morgan fingerprint density at radius 1 is 1.00 bits per heavy atom. The van der Waals surface area contributed by atoms with Crippen LogP contribution in [-0.2, 0) is 9.73 Å². The van der Waals surface area contributed by atoms with Crippen molar-refractivity contribution in [2.75, 3.05) is 6.26 Å². The van der Waals surface area contributed by atoms with Crippen LogP contribution in [0, 0.1) is 5.82 Å². The molecule has 5 nitrogen and oxygen atoms in total. The quantitative estimate of drug-likeness (QED) is 0.321. The fourth-order valence-corrected chi connectivity index (χ4v) is 5.29. The van der Waals surface area contributed by atoms with Crippen molar-refractivity contribution in [3.05, 3.63) is 84.4 Å². The summed E-state index contributed by atoms with van der Waals surface area (Å²) in [6, 6.07) is 19.6. The Morgan fingerprint density at radius 3 is 2.42 bits per heavy atom. The third-order valence-electron chi connectivity index (χ3n) is 5.69. The minimum absolute atomic E-state index is 0.0630. The molecule has 3 aromatic carbocycles. The summed E-state index contributed by atoms with van der Waals surface area (Å²) in [5.74, 6) is 0.194. The molecule has 1 N–H and O–H groups in total. The third kappa shape index (κ3) is 3.89. The van der Waals surface area contributed by atoms with Gasteiger partial charge in [-0.1, -0.05) is 44.2 Å². The van der Waals surface area contributed by atoms with Gasteiger partial charge >= 0.3 is 0 Å². The van der Waals surface area contributed by atoms with Crippen molar-refractivity contribution in [3.8, 4) is 11.1 Å². The minimum Gasteiger partial charge on any atom is -0.278 e. The number of halogens is 1. The highest BCUT2D eigenvalue weighted by Crippen LogP contribution is 2.40. The molecule has 0 aliphatic rings. The van der Waals surface area contributed by atoms with Gasteiger partial charge in [-0.15, -0.1) is 0 Å². The molecular formula is C26H23FN4OS. The van der Waals surface area contributed by atoms with Crippen LogP contribution < -0.4 is 0 Å². The van der Waals surface area contributed by atoms with Crippen molar-refractivity contribution < 1.29 is 8.60 Å². The van der Waals surface area contributed by atoms with E-state index in [-0.39, 0.29) is 11.7 Å². The SMILES string of the molecule is CC(C)c1nc(N=[S@@](C)(=O)c2ccccc2)c2cc3[nH]ncc3cc2c1-c1ccc(F)cc1. The molecule has 33 heavy (non-hydrogen) atoms. The fraction of sp³-hybridized carbons (Fsp3) is 0.154. The summed E-state index contributed by atoms with van der Waals surface area (Å²) in [5.41, 5.74) is 3.45. The molecule has 0 aliphatic carbocycles. The van der Waals surface area contributed by atoms with E-state index >= 15 is 0 Å². The van der Waals surface area contributed by atoms with E-state index in [1.807, 2.05) is 42.5 Å². The number of rotatable bonds is 4. The molecule has 0 fully saturated rings. The Morgan fingerprint density at radius 2 is 1.73 bits per heavy atom. The maximum absolute atomic E-state index is 13.7. The predicted molar refractivity (Wildman–Crippen MR) is 132 cm³/mol.